The predicted molar refractivity (Wildman–Crippen MR) is 145 cm³/mol. The van der Waals surface area contributed by atoms with E-state index in [2.05, 4.69) is 15.6 Å². The van der Waals surface area contributed by atoms with Gasteiger partial charge in [0, 0.05) is 30.8 Å². The molecule has 7 nitrogen and oxygen atoms in total. The molecule has 2 N–H and O–H groups in total. The number of nitrogens with zero attached hydrogens (tertiary/aromatic N) is 2. The van der Waals surface area contributed by atoms with Crippen LogP contribution in [0.15, 0.2) is 72.9 Å². The molecule has 192 valence electrons. The van der Waals surface area contributed by atoms with Crippen molar-refractivity contribution >= 4 is 29.2 Å². The van der Waals surface area contributed by atoms with E-state index in [1.165, 1.54) is 0 Å². The van der Waals surface area contributed by atoms with E-state index in [0.29, 0.717) is 11.5 Å². The Balaban J connectivity index is 1.63. The molecule has 0 unspecified atom stereocenters. The summed E-state index contributed by atoms with van der Waals surface area (Å²) in [7, 11) is 0. The van der Waals surface area contributed by atoms with Crippen molar-refractivity contribution < 1.29 is 14.4 Å². The van der Waals surface area contributed by atoms with E-state index in [1.807, 2.05) is 62.4 Å². The number of pyridine rings is 1. The maximum Gasteiger partial charge on any atom is 0.248 e. The third kappa shape index (κ3) is 6.82. The van der Waals surface area contributed by atoms with Gasteiger partial charge in [0.2, 0.25) is 17.7 Å². The van der Waals surface area contributed by atoms with Crippen LogP contribution in [0.2, 0.25) is 0 Å². The summed E-state index contributed by atoms with van der Waals surface area (Å²) in [5.74, 6) is -0.369. The molecular formula is C30H34N4O3. The molecule has 4 rings (SSSR count). The van der Waals surface area contributed by atoms with E-state index < -0.39 is 6.04 Å². The van der Waals surface area contributed by atoms with Crippen molar-refractivity contribution in [2.24, 2.45) is 0 Å². The Kier molecular flexibility index (Phi) is 8.67. The van der Waals surface area contributed by atoms with Crippen molar-refractivity contribution in [3.05, 3.63) is 89.6 Å². The first-order valence-corrected chi connectivity index (χ1v) is 12.9. The van der Waals surface area contributed by atoms with Gasteiger partial charge in [-0.25, -0.2) is 4.98 Å². The zero-order chi connectivity index (χ0) is 26.2. The molecule has 1 aliphatic rings. The second-order valence-corrected chi connectivity index (χ2v) is 9.62. The number of anilines is 2. The molecule has 0 spiro atoms. The molecule has 2 aromatic carbocycles. The summed E-state index contributed by atoms with van der Waals surface area (Å²) in [4.78, 5) is 45.9. The minimum atomic E-state index is -0.853. The van der Waals surface area contributed by atoms with Crippen LogP contribution in [-0.4, -0.2) is 28.7 Å². The van der Waals surface area contributed by atoms with Gasteiger partial charge < -0.3 is 10.6 Å². The summed E-state index contributed by atoms with van der Waals surface area (Å²) in [5, 5.41) is 5.92. The molecule has 37 heavy (non-hydrogen) atoms. The van der Waals surface area contributed by atoms with Crippen LogP contribution in [0.5, 0.6) is 0 Å². The summed E-state index contributed by atoms with van der Waals surface area (Å²) in [6.07, 6.45) is 5.58. The van der Waals surface area contributed by atoms with Crippen molar-refractivity contribution in [3.63, 3.8) is 0 Å². The van der Waals surface area contributed by atoms with Crippen LogP contribution in [0.3, 0.4) is 0 Å². The normalized spacial score (nSPS) is 14.1. The number of nitrogens with one attached hydrogen (secondary N) is 2. The first-order valence-electron chi connectivity index (χ1n) is 12.9. The maximum absolute atomic E-state index is 13.8. The number of amides is 3. The van der Waals surface area contributed by atoms with Gasteiger partial charge in [0.15, 0.2) is 0 Å². The first-order chi connectivity index (χ1) is 17.9. The van der Waals surface area contributed by atoms with E-state index >= 15 is 0 Å². The molecule has 1 aliphatic carbocycles. The van der Waals surface area contributed by atoms with Crippen molar-refractivity contribution in [1.29, 1.82) is 0 Å². The highest BCUT2D eigenvalue weighted by atomic mass is 16.2. The van der Waals surface area contributed by atoms with Gasteiger partial charge in [-0.15, -0.1) is 0 Å². The summed E-state index contributed by atoms with van der Waals surface area (Å²) < 4.78 is 0. The van der Waals surface area contributed by atoms with Crippen LogP contribution in [0.25, 0.3) is 0 Å². The molecule has 1 saturated carbocycles. The molecule has 0 aliphatic heterocycles. The van der Waals surface area contributed by atoms with E-state index in [-0.39, 0.29) is 36.6 Å². The molecule has 7 heteroatoms. The minimum absolute atomic E-state index is 0.0251. The Morgan fingerprint density at radius 1 is 0.919 bits per heavy atom. The highest BCUT2D eigenvalue weighted by molar-refractivity contribution is 6.03. The summed E-state index contributed by atoms with van der Waals surface area (Å²) in [5.41, 5.74) is 3.33. The van der Waals surface area contributed by atoms with Gasteiger partial charge in [0.25, 0.3) is 0 Å². The van der Waals surface area contributed by atoms with Crippen LogP contribution < -0.4 is 15.5 Å². The quantitative estimate of drug-likeness (QED) is 0.422. The minimum Gasteiger partial charge on any atom is -0.351 e. The van der Waals surface area contributed by atoms with E-state index in [0.717, 1.165) is 42.4 Å². The van der Waals surface area contributed by atoms with Gasteiger partial charge in [-0.3, -0.25) is 19.3 Å². The van der Waals surface area contributed by atoms with Crippen LogP contribution in [0, 0.1) is 13.8 Å². The molecule has 0 bridgehead atoms. The molecule has 3 amide bonds. The Labute approximate surface area is 218 Å². The average molecular weight is 499 g/mol. The largest absolute Gasteiger partial charge is 0.351 e. The third-order valence-electron chi connectivity index (χ3n) is 6.74. The van der Waals surface area contributed by atoms with Crippen molar-refractivity contribution in [2.45, 2.75) is 64.5 Å². The zero-order valence-electron chi connectivity index (χ0n) is 21.4. The molecule has 1 fully saturated rings. The smallest absolute Gasteiger partial charge is 0.248 e. The van der Waals surface area contributed by atoms with Crippen LogP contribution in [0.4, 0.5) is 11.5 Å². The number of rotatable bonds is 9. The number of hydrogen-bond acceptors (Lipinski definition) is 4. The zero-order valence-corrected chi connectivity index (χ0v) is 21.4. The number of carbonyl (C=O) groups is 3. The number of aromatic nitrogens is 1. The fraction of sp³-hybridized carbons (Fsp3) is 0.333. The Bertz CT molecular complexity index is 1220. The fourth-order valence-electron chi connectivity index (χ4n) is 4.75. The summed E-state index contributed by atoms with van der Waals surface area (Å²) >= 11 is 0. The average Bonchev–Trinajstić information content (AvgIpc) is 3.41. The lowest BCUT2D eigenvalue weighted by Gasteiger charge is -2.33. The van der Waals surface area contributed by atoms with Crippen molar-refractivity contribution in [2.75, 3.05) is 10.2 Å². The standard InChI is InChI=1S/C30H34N4O3/c1-21-14-16-23(17-15-21)29(30(37)32-24-10-4-5-11-24)34(25-12-6-3-9-22(25)2)28(36)19-18-27(35)33-26-13-7-8-20-31-26/h3,6-9,12-17,20,24,29H,4-5,10-11,18-19H2,1-2H3,(H,32,37)(H,31,33,35)/t29-/m0/s1. The van der Waals surface area contributed by atoms with Crippen LogP contribution in [-0.2, 0) is 14.4 Å². The van der Waals surface area contributed by atoms with Gasteiger partial charge in [-0.05, 0) is 56.0 Å². The molecular weight excluding hydrogens is 464 g/mol. The predicted octanol–water partition coefficient (Wildman–Crippen LogP) is 5.25. The first kappa shape index (κ1) is 26.1. The van der Waals surface area contributed by atoms with Gasteiger partial charge in [-0.2, -0.15) is 0 Å². The van der Waals surface area contributed by atoms with Gasteiger partial charge in [0.05, 0.1) is 0 Å². The van der Waals surface area contributed by atoms with Crippen LogP contribution in [0.1, 0.15) is 61.3 Å². The van der Waals surface area contributed by atoms with Crippen molar-refractivity contribution in [3.8, 4) is 0 Å². The van der Waals surface area contributed by atoms with Crippen molar-refractivity contribution in [1.82, 2.24) is 10.3 Å². The number of aryl methyl sites for hydroxylation is 2. The van der Waals surface area contributed by atoms with Gasteiger partial charge in [-0.1, -0.05) is 66.9 Å². The topological polar surface area (TPSA) is 91.4 Å². The number of carbonyl (C=O) groups excluding carboxylic acids is 3. The summed E-state index contributed by atoms with van der Waals surface area (Å²) in [6, 6.07) is 19.7. The molecule has 1 aromatic heterocycles. The Morgan fingerprint density at radius 3 is 2.30 bits per heavy atom. The van der Waals surface area contributed by atoms with Gasteiger partial charge in [0.1, 0.15) is 11.9 Å². The number of hydrogen-bond donors (Lipinski definition) is 2. The van der Waals surface area contributed by atoms with E-state index in [1.54, 1.807) is 29.3 Å². The Hall–Kier alpha value is -4.00. The lowest BCUT2D eigenvalue weighted by molar-refractivity contribution is -0.127. The highest BCUT2D eigenvalue weighted by Gasteiger charge is 2.34. The summed E-state index contributed by atoms with van der Waals surface area (Å²) in [6.45, 7) is 3.91. The van der Waals surface area contributed by atoms with Crippen LogP contribution >= 0.6 is 0 Å². The third-order valence-corrected chi connectivity index (χ3v) is 6.74. The molecule has 1 heterocycles. The SMILES string of the molecule is Cc1ccc([C@@H](C(=O)NC2CCCC2)N(C(=O)CCC(=O)Nc2ccccn2)c2ccccc2C)cc1. The molecule has 1 atom stereocenters. The second kappa shape index (κ2) is 12.3. The fourth-order valence-corrected chi connectivity index (χ4v) is 4.75. The van der Waals surface area contributed by atoms with E-state index in [9.17, 15) is 14.4 Å². The number of benzene rings is 2. The monoisotopic (exact) mass is 498 g/mol. The Morgan fingerprint density at radius 2 is 1.62 bits per heavy atom. The molecule has 0 radical (unpaired) electrons. The second-order valence-electron chi connectivity index (χ2n) is 9.62. The lowest BCUT2D eigenvalue weighted by atomic mass is 9.99. The van der Waals surface area contributed by atoms with Gasteiger partial charge >= 0.3 is 0 Å². The lowest BCUT2D eigenvalue weighted by Crippen LogP contribution is -2.46. The highest BCUT2D eigenvalue weighted by Crippen LogP contribution is 2.32. The van der Waals surface area contributed by atoms with E-state index in [4.69, 9.17) is 0 Å². The maximum atomic E-state index is 13.8. The molecule has 0 saturated heterocycles. The molecule has 3 aromatic rings. The number of para-hydroxylation sites is 1.